The van der Waals surface area contributed by atoms with Crippen molar-refractivity contribution in [2.24, 2.45) is 0 Å². The zero-order valence-corrected chi connectivity index (χ0v) is 16.7. The summed E-state index contributed by atoms with van der Waals surface area (Å²) in [6, 6.07) is 18.0. The van der Waals surface area contributed by atoms with Gasteiger partial charge in [-0.05, 0) is 37.0 Å². The molecule has 1 saturated heterocycles. The molecule has 0 N–H and O–H groups in total. The average molecular weight is 390 g/mol. The fraction of sp³-hybridized carbons (Fsp3) is 0.333. The number of amides is 1. The molecule has 1 aliphatic heterocycles. The lowest BCUT2D eigenvalue weighted by molar-refractivity contribution is -0.134. The largest absolute Gasteiger partial charge is 0.484 e. The third-order valence-corrected chi connectivity index (χ3v) is 5.36. The predicted molar refractivity (Wildman–Crippen MR) is 111 cm³/mol. The van der Waals surface area contributed by atoms with Gasteiger partial charge in [-0.3, -0.25) is 4.79 Å². The number of nitrogens with zero attached hydrogens (tertiary/aromatic N) is 2. The minimum Gasteiger partial charge on any atom is -0.484 e. The van der Waals surface area contributed by atoms with Crippen LogP contribution < -0.4 is 4.74 Å². The number of aromatic nitrogens is 1. The Kier molecular flexibility index (Phi) is 5.94. The first-order valence-corrected chi connectivity index (χ1v) is 10.1. The Morgan fingerprint density at radius 3 is 2.79 bits per heavy atom. The quantitative estimate of drug-likeness (QED) is 0.628. The summed E-state index contributed by atoms with van der Waals surface area (Å²) >= 11 is 0. The molecule has 1 aromatic heterocycles. The van der Waals surface area contributed by atoms with Crippen molar-refractivity contribution in [1.29, 1.82) is 0 Å². The van der Waals surface area contributed by atoms with E-state index in [1.54, 1.807) is 0 Å². The highest BCUT2D eigenvalue weighted by molar-refractivity contribution is 5.78. The van der Waals surface area contributed by atoms with Crippen molar-refractivity contribution in [3.05, 3.63) is 83.6 Å². The summed E-state index contributed by atoms with van der Waals surface area (Å²) in [6.45, 7) is 3.42. The zero-order valence-electron chi connectivity index (χ0n) is 16.7. The van der Waals surface area contributed by atoms with Gasteiger partial charge in [0.15, 0.2) is 12.5 Å². The third-order valence-electron chi connectivity index (χ3n) is 5.36. The molecule has 0 saturated carbocycles. The second-order valence-electron chi connectivity index (χ2n) is 7.56. The van der Waals surface area contributed by atoms with Crippen molar-refractivity contribution in [2.75, 3.05) is 19.7 Å². The minimum atomic E-state index is 0.00835. The Balaban J connectivity index is 1.34. The molecule has 29 heavy (non-hydrogen) atoms. The van der Waals surface area contributed by atoms with E-state index < -0.39 is 0 Å². The maximum atomic E-state index is 12.7. The standard InChI is InChI=1S/C24H26N2O3/c1-18-8-5-6-12-22(18)28-17-23(27)26-13-7-11-20(16-26)24-25-15-21(29-24)14-19-9-3-2-4-10-19/h2-6,8-10,12,15,20H,7,11,13-14,16-17H2,1H3/t20-/m0/s1. The van der Waals surface area contributed by atoms with Gasteiger partial charge in [0.1, 0.15) is 11.5 Å². The van der Waals surface area contributed by atoms with Crippen LogP contribution in [0, 0.1) is 6.92 Å². The van der Waals surface area contributed by atoms with Gasteiger partial charge in [0.25, 0.3) is 5.91 Å². The van der Waals surface area contributed by atoms with Crippen LogP contribution in [0.5, 0.6) is 5.75 Å². The first kappa shape index (κ1) is 19.2. The van der Waals surface area contributed by atoms with Crippen LogP contribution in [-0.4, -0.2) is 35.5 Å². The molecule has 1 amide bonds. The normalized spacial score (nSPS) is 16.6. The fourth-order valence-electron chi connectivity index (χ4n) is 3.74. The Morgan fingerprint density at radius 1 is 1.17 bits per heavy atom. The third kappa shape index (κ3) is 4.86. The summed E-state index contributed by atoms with van der Waals surface area (Å²) in [5.74, 6) is 2.49. The van der Waals surface area contributed by atoms with E-state index >= 15 is 0 Å². The molecule has 0 aliphatic carbocycles. The maximum absolute atomic E-state index is 12.7. The SMILES string of the molecule is Cc1ccccc1OCC(=O)N1CCC[C@H](c2ncc(Cc3ccccc3)o2)C1. The van der Waals surface area contributed by atoms with Gasteiger partial charge in [0, 0.05) is 19.5 Å². The lowest BCUT2D eigenvalue weighted by Gasteiger charge is -2.31. The summed E-state index contributed by atoms with van der Waals surface area (Å²) in [5, 5.41) is 0. The number of hydrogen-bond acceptors (Lipinski definition) is 4. The Hall–Kier alpha value is -3.08. The van der Waals surface area contributed by atoms with Gasteiger partial charge in [0.05, 0.1) is 12.1 Å². The number of piperidine rings is 1. The number of aryl methyl sites for hydroxylation is 1. The lowest BCUT2D eigenvalue weighted by atomic mass is 9.98. The number of benzene rings is 2. The molecule has 0 spiro atoms. The van der Waals surface area contributed by atoms with Gasteiger partial charge in [-0.25, -0.2) is 4.98 Å². The molecule has 2 aromatic carbocycles. The number of para-hydroxylation sites is 1. The predicted octanol–water partition coefficient (Wildman–Crippen LogP) is 4.36. The lowest BCUT2D eigenvalue weighted by Crippen LogP contribution is -2.41. The van der Waals surface area contributed by atoms with Crippen LogP contribution in [0.2, 0.25) is 0 Å². The van der Waals surface area contributed by atoms with Gasteiger partial charge in [-0.2, -0.15) is 0 Å². The van der Waals surface area contributed by atoms with Crippen LogP contribution in [0.3, 0.4) is 0 Å². The van der Waals surface area contributed by atoms with Gasteiger partial charge in [-0.15, -0.1) is 0 Å². The van der Waals surface area contributed by atoms with E-state index in [1.165, 1.54) is 5.56 Å². The number of likely N-dealkylation sites (tertiary alicyclic amines) is 1. The molecule has 4 rings (SSSR count). The number of carbonyl (C=O) groups excluding carboxylic acids is 1. The van der Waals surface area contributed by atoms with Gasteiger partial charge in [-0.1, -0.05) is 48.5 Å². The molecule has 3 aromatic rings. The van der Waals surface area contributed by atoms with Crippen molar-refractivity contribution in [3.63, 3.8) is 0 Å². The maximum Gasteiger partial charge on any atom is 0.260 e. The molecular formula is C24H26N2O3. The molecule has 2 heterocycles. The highest BCUT2D eigenvalue weighted by atomic mass is 16.5. The fourth-order valence-corrected chi connectivity index (χ4v) is 3.74. The topological polar surface area (TPSA) is 55.6 Å². The van der Waals surface area contributed by atoms with Crippen molar-refractivity contribution in [3.8, 4) is 5.75 Å². The summed E-state index contributed by atoms with van der Waals surface area (Å²) in [7, 11) is 0. The van der Waals surface area contributed by atoms with E-state index in [9.17, 15) is 4.79 Å². The van der Waals surface area contributed by atoms with Crippen LogP contribution in [0.15, 0.2) is 65.2 Å². The van der Waals surface area contributed by atoms with Crippen molar-refractivity contribution in [2.45, 2.75) is 32.1 Å². The zero-order chi connectivity index (χ0) is 20.1. The number of ether oxygens (including phenoxy) is 1. The van der Waals surface area contributed by atoms with Crippen molar-refractivity contribution < 1.29 is 13.9 Å². The molecule has 1 fully saturated rings. The van der Waals surface area contributed by atoms with E-state index in [-0.39, 0.29) is 18.4 Å². The summed E-state index contributed by atoms with van der Waals surface area (Å²) in [5.41, 5.74) is 2.23. The van der Waals surface area contributed by atoms with Gasteiger partial charge >= 0.3 is 0 Å². The molecule has 5 nitrogen and oxygen atoms in total. The van der Waals surface area contributed by atoms with Gasteiger partial charge < -0.3 is 14.1 Å². The van der Waals surface area contributed by atoms with E-state index in [2.05, 4.69) is 17.1 Å². The summed E-state index contributed by atoms with van der Waals surface area (Å²) in [4.78, 5) is 19.0. The number of oxazole rings is 1. The van der Waals surface area contributed by atoms with E-state index in [0.717, 1.165) is 48.8 Å². The molecule has 1 atom stereocenters. The van der Waals surface area contributed by atoms with E-state index in [4.69, 9.17) is 9.15 Å². The van der Waals surface area contributed by atoms with Crippen LogP contribution in [0.25, 0.3) is 0 Å². The molecule has 0 bridgehead atoms. The smallest absolute Gasteiger partial charge is 0.260 e. The number of hydrogen-bond donors (Lipinski definition) is 0. The first-order chi connectivity index (χ1) is 14.2. The van der Waals surface area contributed by atoms with E-state index in [1.807, 2.05) is 60.5 Å². The van der Waals surface area contributed by atoms with Crippen LogP contribution in [-0.2, 0) is 11.2 Å². The summed E-state index contributed by atoms with van der Waals surface area (Å²) in [6.07, 6.45) is 4.46. The molecule has 1 aliphatic rings. The molecule has 150 valence electrons. The average Bonchev–Trinajstić information content (AvgIpc) is 3.22. The highest BCUT2D eigenvalue weighted by Gasteiger charge is 2.28. The minimum absolute atomic E-state index is 0.00835. The Bertz CT molecular complexity index is 952. The van der Waals surface area contributed by atoms with Crippen molar-refractivity contribution >= 4 is 5.91 Å². The monoisotopic (exact) mass is 390 g/mol. The van der Waals surface area contributed by atoms with Gasteiger partial charge in [0.2, 0.25) is 0 Å². The number of rotatable bonds is 6. The van der Waals surface area contributed by atoms with Crippen LogP contribution >= 0.6 is 0 Å². The first-order valence-electron chi connectivity index (χ1n) is 10.1. The highest BCUT2D eigenvalue weighted by Crippen LogP contribution is 2.27. The molecule has 0 unspecified atom stereocenters. The second-order valence-corrected chi connectivity index (χ2v) is 7.56. The second kappa shape index (κ2) is 8.95. The molecule has 0 radical (unpaired) electrons. The molecular weight excluding hydrogens is 364 g/mol. The van der Waals surface area contributed by atoms with Crippen LogP contribution in [0.4, 0.5) is 0 Å². The number of carbonyl (C=O) groups is 1. The van der Waals surface area contributed by atoms with Crippen LogP contribution in [0.1, 0.15) is 41.5 Å². The van der Waals surface area contributed by atoms with E-state index in [0.29, 0.717) is 6.54 Å². The Labute approximate surface area is 171 Å². The Morgan fingerprint density at radius 2 is 1.97 bits per heavy atom. The summed E-state index contributed by atoms with van der Waals surface area (Å²) < 4.78 is 11.8. The van der Waals surface area contributed by atoms with Crippen molar-refractivity contribution in [1.82, 2.24) is 9.88 Å². The molecule has 5 heteroatoms.